The molecule has 11 heavy (non-hydrogen) atoms. The molecule has 62 valence electrons. The SMILES string of the molecule is CC(N)c1ncc(C(F)F)o1. The van der Waals surface area contributed by atoms with Crippen molar-refractivity contribution in [1.29, 1.82) is 0 Å². The van der Waals surface area contributed by atoms with Crippen molar-refractivity contribution >= 4 is 0 Å². The molecule has 0 aliphatic carbocycles. The van der Waals surface area contributed by atoms with Gasteiger partial charge in [-0.15, -0.1) is 0 Å². The number of nitrogens with two attached hydrogens (primary N) is 1. The van der Waals surface area contributed by atoms with Crippen molar-refractivity contribution in [1.82, 2.24) is 4.98 Å². The van der Waals surface area contributed by atoms with Crippen LogP contribution in [0.5, 0.6) is 0 Å². The molecule has 1 unspecified atom stereocenters. The molecule has 0 aliphatic heterocycles. The molecule has 0 aliphatic rings. The molecule has 1 heterocycles. The van der Waals surface area contributed by atoms with Gasteiger partial charge in [-0.2, -0.15) is 0 Å². The van der Waals surface area contributed by atoms with Gasteiger partial charge in [0, 0.05) is 0 Å². The predicted molar refractivity (Wildman–Crippen MR) is 34.1 cm³/mol. The summed E-state index contributed by atoms with van der Waals surface area (Å²) in [4.78, 5) is 3.57. The minimum Gasteiger partial charge on any atom is -0.438 e. The van der Waals surface area contributed by atoms with Crippen molar-refractivity contribution < 1.29 is 13.2 Å². The molecule has 0 radical (unpaired) electrons. The van der Waals surface area contributed by atoms with Gasteiger partial charge in [0.1, 0.15) is 0 Å². The van der Waals surface area contributed by atoms with E-state index in [4.69, 9.17) is 5.73 Å². The third-order valence-corrected chi connectivity index (χ3v) is 1.15. The Morgan fingerprint density at radius 3 is 2.55 bits per heavy atom. The maximum absolute atomic E-state index is 11.9. The summed E-state index contributed by atoms with van der Waals surface area (Å²) >= 11 is 0. The lowest BCUT2D eigenvalue weighted by atomic mass is 10.4. The number of rotatable bonds is 2. The zero-order valence-electron chi connectivity index (χ0n) is 5.92. The van der Waals surface area contributed by atoms with Crippen LogP contribution in [0.25, 0.3) is 0 Å². The number of oxazole rings is 1. The van der Waals surface area contributed by atoms with Gasteiger partial charge in [0.2, 0.25) is 5.89 Å². The van der Waals surface area contributed by atoms with Gasteiger partial charge in [-0.3, -0.25) is 0 Å². The normalized spacial score (nSPS) is 13.9. The summed E-state index contributed by atoms with van der Waals surface area (Å²) in [5.41, 5.74) is 5.33. The van der Waals surface area contributed by atoms with Crippen LogP contribution in [0.15, 0.2) is 10.6 Å². The van der Waals surface area contributed by atoms with E-state index in [-0.39, 0.29) is 5.89 Å². The lowest BCUT2D eigenvalue weighted by Crippen LogP contribution is -2.04. The molecule has 0 aromatic carbocycles. The Kier molecular flexibility index (Phi) is 2.19. The quantitative estimate of drug-likeness (QED) is 0.719. The lowest BCUT2D eigenvalue weighted by Gasteiger charge is -1.96. The van der Waals surface area contributed by atoms with E-state index in [9.17, 15) is 8.78 Å². The fourth-order valence-electron chi connectivity index (χ4n) is 0.612. The van der Waals surface area contributed by atoms with Crippen LogP contribution < -0.4 is 5.73 Å². The Hall–Kier alpha value is -0.970. The minimum atomic E-state index is -2.62. The van der Waals surface area contributed by atoms with Crippen LogP contribution in [0.4, 0.5) is 8.78 Å². The average Bonchev–Trinajstić information content (AvgIpc) is 2.33. The fraction of sp³-hybridized carbons (Fsp3) is 0.500. The van der Waals surface area contributed by atoms with Gasteiger partial charge in [0.25, 0.3) is 6.43 Å². The van der Waals surface area contributed by atoms with Crippen LogP contribution in [-0.4, -0.2) is 4.98 Å². The maximum Gasteiger partial charge on any atom is 0.297 e. The first-order valence-corrected chi connectivity index (χ1v) is 3.10. The molecule has 1 aromatic heterocycles. The van der Waals surface area contributed by atoms with Gasteiger partial charge in [0.05, 0.1) is 12.2 Å². The summed E-state index contributed by atoms with van der Waals surface area (Å²) in [6.07, 6.45) is -1.63. The molecule has 0 bridgehead atoms. The third-order valence-electron chi connectivity index (χ3n) is 1.15. The molecule has 2 N–H and O–H groups in total. The summed E-state index contributed by atoms with van der Waals surface area (Å²) in [6, 6.07) is -0.442. The van der Waals surface area contributed by atoms with E-state index in [1.807, 2.05) is 0 Å². The summed E-state index contributed by atoms with van der Waals surface area (Å²) < 4.78 is 28.4. The summed E-state index contributed by atoms with van der Waals surface area (Å²) in [7, 11) is 0. The highest BCUT2D eigenvalue weighted by molar-refractivity contribution is 4.97. The van der Waals surface area contributed by atoms with Gasteiger partial charge < -0.3 is 10.2 Å². The zero-order chi connectivity index (χ0) is 8.43. The standard InChI is InChI=1S/C6H8F2N2O/c1-3(9)6-10-2-4(11-6)5(7)8/h2-3,5H,9H2,1H3. The van der Waals surface area contributed by atoms with E-state index >= 15 is 0 Å². The molecular weight excluding hydrogens is 154 g/mol. The first kappa shape index (κ1) is 8.13. The summed E-state index contributed by atoms with van der Waals surface area (Å²) in [6.45, 7) is 1.61. The fourth-order valence-corrected chi connectivity index (χ4v) is 0.612. The van der Waals surface area contributed by atoms with Crippen LogP contribution in [0.3, 0.4) is 0 Å². The van der Waals surface area contributed by atoms with E-state index in [2.05, 4.69) is 9.40 Å². The van der Waals surface area contributed by atoms with Crippen LogP contribution in [0, 0.1) is 0 Å². The predicted octanol–water partition coefficient (Wildman–Crippen LogP) is 1.63. The second-order valence-corrected chi connectivity index (χ2v) is 2.19. The van der Waals surface area contributed by atoms with Crippen molar-refractivity contribution in [3.63, 3.8) is 0 Å². The second kappa shape index (κ2) is 2.96. The van der Waals surface area contributed by atoms with Crippen molar-refractivity contribution in [2.75, 3.05) is 0 Å². The molecule has 1 atom stereocenters. The van der Waals surface area contributed by atoms with Gasteiger partial charge >= 0.3 is 0 Å². The molecule has 0 amide bonds. The smallest absolute Gasteiger partial charge is 0.297 e. The molecule has 0 saturated heterocycles. The van der Waals surface area contributed by atoms with Crippen molar-refractivity contribution in [2.24, 2.45) is 5.73 Å². The number of nitrogens with zero attached hydrogens (tertiary/aromatic N) is 1. The van der Waals surface area contributed by atoms with Crippen LogP contribution in [-0.2, 0) is 0 Å². The third kappa shape index (κ3) is 1.74. The van der Waals surface area contributed by atoms with Gasteiger partial charge in [0.15, 0.2) is 5.76 Å². The average molecular weight is 162 g/mol. The van der Waals surface area contributed by atoms with Gasteiger partial charge in [-0.25, -0.2) is 13.8 Å². The van der Waals surface area contributed by atoms with Crippen LogP contribution in [0.2, 0.25) is 0 Å². The van der Waals surface area contributed by atoms with E-state index in [0.29, 0.717) is 0 Å². The lowest BCUT2D eigenvalue weighted by molar-refractivity contribution is 0.119. The van der Waals surface area contributed by atoms with Gasteiger partial charge in [-0.1, -0.05) is 0 Å². The number of alkyl halides is 2. The Morgan fingerprint density at radius 1 is 1.64 bits per heavy atom. The number of aromatic nitrogens is 1. The molecule has 5 heteroatoms. The number of hydrogen-bond donors (Lipinski definition) is 1. The first-order valence-electron chi connectivity index (χ1n) is 3.10. The molecule has 0 spiro atoms. The topological polar surface area (TPSA) is 52.0 Å². The maximum atomic E-state index is 11.9. The van der Waals surface area contributed by atoms with Crippen LogP contribution in [0.1, 0.15) is 31.0 Å². The largest absolute Gasteiger partial charge is 0.438 e. The van der Waals surface area contributed by atoms with Crippen molar-refractivity contribution in [2.45, 2.75) is 19.4 Å². The van der Waals surface area contributed by atoms with E-state index in [1.165, 1.54) is 0 Å². The molecule has 0 fully saturated rings. The minimum absolute atomic E-state index is 0.139. The molecule has 1 aromatic rings. The van der Waals surface area contributed by atoms with Gasteiger partial charge in [-0.05, 0) is 6.92 Å². The zero-order valence-corrected chi connectivity index (χ0v) is 5.92. The Labute approximate surface area is 62.2 Å². The van der Waals surface area contributed by atoms with E-state index < -0.39 is 18.2 Å². The Balaban J connectivity index is 2.82. The van der Waals surface area contributed by atoms with Crippen molar-refractivity contribution in [3.05, 3.63) is 17.8 Å². The molecule has 0 saturated carbocycles. The van der Waals surface area contributed by atoms with Crippen LogP contribution >= 0.6 is 0 Å². The first-order chi connectivity index (χ1) is 5.11. The number of hydrogen-bond acceptors (Lipinski definition) is 3. The van der Waals surface area contributed by atoms with E-state index in [0.717, 1.165) is 6.20 Å². The highest BCUT2D eigenvalue weighted by atomic mass is 19.3. The second-order valence-electron chi connectivity index (χ2n) is 2.19. The summed E-state index contributed by atoms with van der Waals surface area (Å²) in [5, 5.41) is 0. The molecule has 1 rings (SSSR count). The summed E-state index contributed by atoms with van der Waals surface area (Å²) in [5.74, 6) is -0.294. The van der Waals surface area contributed by atoms with Crippen molar-refractivity contribution in [3.8, 4) is 0 Å². The van der Waals surface area contributed by atoms with E-state index in [1.54, 1.807) is 6.92 Å². The Bertz CT molecular complexity index is 212. The highest BCUT2D eigenvalue weighted by Gasteiger charge is 2.14. The highest BCUT2D eigenvalue weighted by Crippen LogP contribution is 2.20. The Morgan fingerprint density at radius 2 is 2.27 bits per heavy atom. The molecular formula is C6H8F2N2O. The number of halogens is 2. The molecule has 3 nitrogen and oxygen atoms in total. The monoisotopic (exact) mass is 162 g/mol.